The van der Waals surface area contributed by atoms with Crippen LogP contribution in [0, 0.1) is 3.70 Å². The molecule has 10 heteroatoms. The van der Waals surface area contributed by atoms with Crippen LogP contribution < -0.4 is 0 Å². The number of halogens is 4. The number of nitrogens with zero attached hydrogens (tertiary/aromatic N) is 3. The zero-order valence-electron chi connectivity index (χ0n) is 8.16. The number of rotatable bonds is 2. The number of alkyl halides is 3. The van der Waals surface area contributed by atoms with Gasteiger partial charge in [-0.25, -0.2) is 0 Å². The Morgan fingerprint density at radius 3 is 2.25 bits per heavy atom. The van der Waals surface area contributed by atoms with Gasteiger partial charge in [0, 0.05) is 20.2 Å². The quantitative estimate of drug-likeness (QED) is 0.736. The van der Waals surface area contributed by atoms with Crippen LogP contribution in [0.5, 0.6) is 0 Å². The van der Waals surface area contributed by atoms with Crippen LogP contribution in [0.25, 0.3) is 0 Å². The molecule has 1 heterocycles. The molecule has 0 N–H and O–H groups in total. The van der Waals surface area contributed by atoms with Crippen molar-refractivity contribution in [3.63, 3.8) is 0 Å². The normalized spacial score (nSPS) is 13.4. The summed E-state index contributed by atoms with van der Waals surface area (Å²) in [6.45, 7) is 0. The third-order valence-electron chi connectivity index (χ3n) is 1.61. The first-order valence-electron chi connectivity index (χ1n) is 3.82. The summed E-state index contributed by atoms with van der Waals surface area (Å²) >= 11 is 1.47. The predicted molar refractivity (Wildman–Crippen MR) is 58.0 cm³/mol. The molecule has 0 saturated heterocycles. The molecule has 0 bridgehead atoms. The standard InChI is InChI=1S/C6H7F3IN3O2S/c1-12(2)16(14,15)13-5(10)3-4(11-13)6(7,8)9/h3H,1-2H3. The maximum absolute atomic E-state index is 12.3. The van der Waals surface area contributed by atoms with E-state index in [1.807, 2.05) is 0 Å². The zero-order chi connectivity index (χ0) is 12.7. The van der Waals surface area contributed by atoms with Crippen molar-refractivity contribution in [3.05, 3.63) is 15.5 Å². The van der Waals surface area contributed by atoms with E-state index in [0.29, 0.717) is 10.2 Å². The van der Waals surface area contributed by atoms with Gasteiger partial charge in [-0.15, -0.1) is 4.09 Å². The van der Waals surface area contributed by atoms with E-state index in [0.717, 1.165) is 4.31 Å². The van der Waals surface area contributed by atoms with E-state index in [2.05, 4.69) is 5.10 Å². The first kappa shape index (κ1) is 13.7. The molecule has 0 aromatic carbocycles. The fourth-order valence-electron chi connectivity index (χ4n) is 0.798. The van der Waals surface area contributed by atoms with Crippen molar-refractivity contribution in [1.29, 1.82) is 0 Å². The Balaban J connectivity index is 3.34. The monoisotopic (exact) mass is 369 g/mol. The van der Waals surface area contributed by atoms with Gasteiger partial charge in [0.2, 0.25) is 0 Å². The molecule has 0 atom stereocenters. The highest BCUT2D eigenvalue weighted by Crippen LogP contribution is 2.29. The first-order chi connectivity index (χ1) is 7.06. The van der Waals surface area contributed by atoms with E-state index in [1.54, 1.807) is 0 Å². The van der Waals surface area contributed by atoms with Crippen molar-refractivity contribution in [1.82, 2.24) is 13.5 Å². The summed E-state index contributed by atoms with van der Waals surface area (Å²) in [5.74, 6) is 0. The molecule has 0 aliphatic carbocycles. The van der Waals surface area contributed by atoms with Gasteiger partial charge < -0.3 is 0 Å². The average molecular weight is 369 g/mol. The van der Waals surface area contributed by atoms with Crippen molar-refractivity contribution < 1.29 is 21.6 Å². The molecule has 1 aromatic rings. The highest BCUT2D eigenvalue weighted by molar-refractivity contribution is 14.1. The van der Waals surface area contributed by atoms with Crippen LogP contribution >= 0.6 is 22.6 Å². The molecule has 0 aliphatic rings. The molecule has 0 fully saturated rings. The summed E-state index contributed by atoms with van der Waals surface area (Å²) in [6.07, 6.45) is -4.66. The molecule has 1 aromatic heterocycles. The Kier molecular flexibility index (Phi) is 3.55. The van der Waals surface area contributed by atoms with Crippen LogP contribution in [-0.2, 0) is 16.4 Å². The third kappa shape index (κ3) is 2.48. The van der Waals surface area contributed by atoms with Gasteiger partial charge in [0.25, 0.3) is 0 Å². The number of aromatic nitrogens is 2. The second-order valence-corrected chi connectivity index (χ2v) is 6.06. The highest BCUT2D eigenvalue weighted by atomic mass is 127. The molecule has 1 rings (SSSR count). The lowest BCUT2D eigenvalue weighted by molar-refractivity contribution is -0.141. The lowest BCUT2D eigenvalue weighted by Crippen LogP contribution is -2.30. The smallest absolute Gasteiger partial charge is 0.189 e. The lowest BCUT2D eigenvalue weighted by atomic mass is 10.4. The summed E-state index contributed by atoms with van der Waals surface area (Å²) in [5, 5.41) is 3.03. The SMILES string of the molecule is CN(C)S(=O)(=O)n1nc(C(F)(F)F)cc1I. The van der Waals surface area contributed by atoms with Gasteiger partial charge in [-0.2, -0.15) is 31.0 Å². The highest BCUT2D eigenvalue weighted by Gasteiger charge is 2.36. The Labute approximate surface area is 104 Å². The molecule has 0 radical (unpaired) electrons. The maximum atomic E-state index is 12.3. The average Bonchev–Trinajstić information content (AvgIpc) is 2.46. The molecule has 92 valence electrons. The molecule has 0 spiro atoms. The topological polar surface area (TPSA) is 55.2 Å². The van der Waals surface area contributed by atoms with Crippen LogP contribution in [0.3, 0.4) is 0 Å². The second kappa shape index (κ2) is 4.14. The molecule has 0 aliphatic heterocycles. The van der Waals surface area contributed by atoms with Crippen molar-refractivity contribution in [2.75, 3.05) is 14.1 Å². The van der Waals surface area contributed by atoms with Crippen LogP contribution in [0.15, 0.2) is 6.07 Å². The fourth-order valence-corrected chi connectivity index (χ4v) is 2.72. The van der Waals surface area contributed by atoms with E-state index < -0.39 is 22.1 Å². The summed E-state index contributed by atoms with van der Waals surface area (Å²) in [4.78, 5) is 0. The molecular formula is C6H7F3IN3O2S. The van der Waals surface area contributed by atoms with Gasteiger partial charge in [0.1, 0.15) is 3.70 Å². The number of hydrogen-bond acceptors (Lipinski definition) is 3. The molecule has 5 nitrogen and oxygen atoms in total. The fraction of sp³-hybridized carbons (Fsp3) is 0.500. The lowest BCUT2D eigenvalue weighted by Gasteiger charge is -2.11. The van der Waals surface area contributed by atoms with Gasteiger partial charge in [-0.3, -0.25) is 0 Å². The van der Waals surface area contributed by atoms with E-state index in [1.165, 1.54) is 36.7 Å². The Morgan fingerprint density at radius 1 is 1.44 bits per heavy atom. The summed E-state index contributed by atoms with van der Waals surface area (Å²) in [5.41, 5.74) is -1.23. The first-order valence-corrected chi connectivity index (χ1v) is 6.30. The van der Waals surface area contributed by atoms with E-state index >= 15 is 0 Å². The Morgan fingerprint density at radius 2 is 1.94 bits per heavy atom. The van der Waals surface area contributed by atoms with Gasteiger partial charge in [0.15, 0.2) is 5.69 Å². The van der Waals surface area contributed by atoms with E-state index in [-0.39, 0.29) is 3.70 Å². The van der Waals surface area contributed by atoms with Gasteiger partial charge in [0.05, 0.1) is 0 Å². The summed E-state index contributed by atoms with van der Waals surface area (Å²) in [7, 11) is -1.60. The predicted octanol–water partition coefficient (Wildman–Crippen LogP) is 1.16. The third-order valence-corrected chi connectivity index (χ3v) is 4.34. The van der Waals surface area contributed by atoms with Gasteiger partial charge >= 0.3 is 16.4 Å². The van der Waals surface area contributed by atoms with Crippen LogP contribution in [0.2, 0.25) is 0 Å². The minimum atomic E-state index is -4.66. The van der Waals surface area contributed by atoms with Gasteiger partial charge in [-0.05, 0) is 22.6 Å². The van der Waals surface area contributed by atoms with Crippen LogP contribution in [0.1, 0.15) is 5.69 Å². The van der Waals surface area contributed by atoms with Crippen molar-refractivity contribution in [3.8, 4) is 0 Å². The van der Waals surface area contributed by atoms with Crippen LogP contribution in [0.4, 0.5) is 13.2 Å². The maximum Gasteiger partial charge on any atom is 0.435 e. The van der Waals surface area contributed by atoms with Gasteiger partial charge in [-0.1, -0.05) is 0 Å². The Hall–Kier alpha value is -0.360. The molecular weight excluding hydrogens is 362 g/mol. The minimum absolute atomic E-state index is 0.126. The molecule has 16 heavy (non-hydrogen) atoms. The second-order valence-electron chi connectivity index (χ2n) is 2.98. The summed E-state index contributed by atoms with van der Waals surface area (Å²) in [6, 6.07) is 0.668. The molecule has 0 amide bonds. The largest absolute Gasteiger partial charge is 0.435 e. The zero-order valence-corrected chi connectivity index (χ0v) is 11.1. The molecule has 0 saturated carbocycles. The van der Waals surface area contributed by atoms with Crippen LogP contribution in [-0.4, -0.2) is 36.0 Å². The van der Waals surface area contributed by atoms with E-state index in [9.17, 15) is 21.6 Å². The van der Waals surface area contributed by atoms with Crippen molar-refractivity contribution >= 4 is 32.8 Å². The molecule has 0 unspecified atom stereocenters. The van der Waals surface area contributed by atoms with Crippen molar-refractivity contribution in [2.24, 2.45) is 0 Å². The Bertz CT molecular complexity index is 494. The minimum Gasteiger partial charge on any atom is -0.189 e. The summed E-state index contributed by atoms with van der Waals surface area (Å²) < 4.78 is 60.9. The van der Waals surface area contributed by atoms with Crippen molar-refractivity contribution in [2.45, 2.75) is 6.18 Å². The number of hydrogen-bond donors (Lipinski definition) is 0. The van der Waals surface area contributed by atoms with E-state index in [4.69, 9.17) is 0 Å².